The number of carboxylic acids is 1. The third kappa shape index (κ3) is 6.02. The summed E-state index contributed by atoms with van der Waals surface area (Å²) in [5.41, 5.74) is 2.11. The fourth-order valence-corrected chi connectivity index (χ4v) is 3.31. The molecule has 0 aliphatic heterocycles. The fraction of sp³-hybridized carbons (Fsp3) is 0.148. The van der Waals surface area contributed by atoms with Gasteiger partial charge in [0.2, 0.25) is 0 Å². The van der Waals surface area contributed by atoms with Crippen LogP contribution in [0.25, 0.3) is 6.08 Å². The van der Waals surface area contributed by atoms with E-state index in [-0.39, 0.29) is 23.8 Å². The number of aromatic carboxylic acids is 1. The van der Waals surface area contributed by atoms with Gasteiger partial charge in [-0.05, 0) is 42.3 Å². The molecule has 1 atom stereocenters. The van der Waals surface area contributed by atoms with E-state index >= 15 is 0 Å². The molecule has 34 heavy (non-hydrogen) atoms. The zero-order valence-corrected chi connectivity index (χ0v) is 18.8. The number of para-hydroxylation sites is 1. The number of methoxy groups -OCH3 is 1. The lowest BCUT2D eigenvalue weighted by atomic mass is 10.1. The van der Waals surface area contributed by atoms with Gasteiger partial charge in [-0.1, -0.05) is 54.6 Å². The number of hydrogen-bond acceptors (Lipinski definition) is 5. The van der Waals surface area contributed by atoms with E-state index in [4.69, 9.17) is 9.47 Å². The minimum absolute atomic E-state index is 0.0709. The third-order valence-electron chi connectivity index (χ3n) is 5.10. The summed E-state index contributed by atoms with van der Waals surface area (Å²) in [5, 5.41) is 21.7. The highest BCUT2D eigenvalue weighted by Crippen LogP contribution is 2.33. The average Bonchev–Trinajstić information content (AvgIpc) is 2.86. The van der Waals surface area contributed by atoms with E-state index in [2.05, 4.69) is 5.32 Å². The average molecular weight is 456 g/mol. The van der Waals surface area contributed by atoms with Crippen LogP contribution in [0.2, 0.25) is 0 Å². The maximum atomic E-state index is 12.8. The molecule has 0 bridgehead atoms. The predicted octanol–water partition coefficient (Wildman–Crippen LogP) is 4.76. The molecule has 3 aromatic rings. The van der Waals surface area contributed by atoms with Crippen LogP contribution < -0.4 is 14.8 Å². The van der Waals surface area contributed by atoms with Crippen molar-refractivity contribution < 1.29 is 24.2 Å². The maximum Gasteiger partial charge on any atom is 0.335 e. The van der Waals surface area contributed by atoms with Crippen LogP contribution in [0.15, 0.2) is 78.4 Å². The number of nitrogens with zero attached hydrogens (tertiary/aromatic N) is 1. The molecule has 0 radical (unpaired) electrons. The Morgan fingerprint density at radius 3 is 2.50 bits per heavy atom. The number of nitriles is 1. The van der Waals surface area contributed by atoms with Crippen LogP contribution in [0, 0.1) is 11.3 Å². The first-order chi connectivity index (χ1) is 16.4. The Hall–Kier alpha value is -4.57. The van der Waals surface area contributed by atoms with Gasteiger partial charge in [-0.25, -0.2) is 4.79 Å². The molecule has 2 N–H and O–H groups in total. The molecule has 0 spiro atoms. The Bertz CT molecular complexity index is 1250. The van der Waals surface area contributed by atoms with Crippen molar-refractivity contribution >= 4 is 18.0 Å². The topological polar surface area (TPSA) is 109 Å². The maximum absolute atomic E-state index is 12.8. The minimum atomic E-state index is -1.03. The first kappa shape index (κ1) is 24.1. The van der Waals surface area contributed by atoms with Crippen molar-refractivity contribution in [3.63, 3.8) is 0 Å². The molecule has 3 aromatic carbocycles. The van der Waals surface area contributed by atoms with Crippen molar-refractivity contribution in [1.29, 1.82) is 5.26 Å². The molecule has 0 saturated heterocycles. The van der Waals surface area contributed by atoms with Gasteiger partial charge in [0.05, 0.1) is 18.7 Å². The van der Waals surface area contributed by atoms with E-state index in [0.717, 1.165) is 5.56 Å². The molecule has 0 aromatic heterocycles. The largest absolute Gasteiger partial charge is 0.493 e. The van der Waals surface area contributed by atoms with Gasteiger partial charge in [0.15, 0.2) is 11.5 Å². The summed E-state index contributed by atoms with van der Waals surface area (Å²) in [7, 11) is 1.49. The second-order valence-electron chi connectivity index (χ2n) is 7.45. The summed E-state index contributed by atoms with van der Waals surface area (Å²) in [6.45, 7) is 1.91. The molecule has 7 heteroatoms. The Balaban J connectivity index is 1.85. The van der Waals surface area contributed by atoms with Crippen LogP contribution in [0.4, 0.5) is 0 Å². The van der Waals surface area contributed by atoms with Crippen molar-refractivity contribution in [3.8, 4) is 17.6 Å². The second kappa shape index (κ2) is 11.3. The van der Waals surface area contributed by atoms with Gasteiger partial charge in [0.1, 0.15) is 18.2 Å². The third-order valence-corrected chi connectivity index (χ3v) is 5.10. The molecule has 7 nitrogen and oxygen atoms in total. The minimum Gasteiger partial charge on any atom is -0.493 e. The fourth-order valence-electron chi connectivity index (χ4n) is 3.31. The SMILES string of the molecule is COc1cccc(/C=C(/C#N)C(=O)N[C@@H](C)c2ccccc2)c1OCc1cccc(C(=O)O)c1. The van der Waals surface area contributed by atoms with Gasteiger partial charge >= 0.3 is 5.97 Å². The van der Waals surface area contributed by atoms with Crippen LogP contribution in [0.5, 0.6) is 11.5 Å². The Morgan fingerprint density at radius 2 is 1.82 bits per heavy atom. The molecule has 3 rings (SSSR count). The lowest BCUT2D eigenvalue weighted by Gasteiger charge is -2.15. The van der Waals surface area contributed by atoms with E-state index in [1.54, 1.807) is 30.3 Å². The Morgan fingerprint density at radius 1 is 1.09 bits per heavy atom. The lowest BCUT2D eigenvalue weighted by Crippen LogP contribution is -2.27. The molecule has 0 fully saturated rings. The molecule has 0 aliphatic rings. The number of nitrogens with one attached hydrogen (secondary N) is 1. The van der Waals surface area contributed by atoms with Crippen molar-refractivity contribution in [2.45, 2.75) is 19.6 Å². The van der Waals surface area contributed by atoms with Crippen LogP contribution in [-0.4, -0.2) is 24.1 Å². The van der Waals surface area contributed by atoms with E-state index in [0.29, 0.717) is 22.6 Å². The molecule has 1 amide bonds. The van der Waals surface area contributed by atoms with Crippen LogP contribution in [0.3, 0.4) is 0 Å². The first-order valence-electron chi connectivity index (χ1n) is 10.5. The summed E-state index contributed by atoms with van der Waals surface area (Å²) in [4.78, 5) is 24.0. The van der Waals surface area contributed by atoms with Gasteiger partial charge in [0.25, 0.3) is 5.91 Å². The zero-order valence-electron chi connectivity index (χ0n) is 18.8. The first-order valence-corrected chi connectivity index (χ1v) is 10.5. The number of carbonyl (C=O) groups is 2. The lowest BCUT2D eigenvalue weighted by molar-refractivity contribution is -0.117. The van der Waals surface area contributed by atoms with E-state index < -0.39 is 11.9 Å². The highest BCUT2D eigenvalue weighted by atomic mass is 16.5. The molecular weight excluding hydrogens is 432 g/mol. The van der Waals surface area contributed by atoms with E-state index in [1.807, 2.05) is 43.3 Å². The van der Waals surface area contributed by atoms with Crippen molar-refractivity contribution in [2.75, 3.05) is 7.11 Å². The summed E-state index contributed by atoms with van der Waals surface area (Å²) in [6, 6.07) is 22.6. The van der Waals surface area contributed by atoms with E-state index in [1.165, 1.54) is 25.3 Å². The zero-order chi connectivity index (χ0) is 24.5. The van der Waals surface area contributed by atoms with Gasteiger partial charge < -0.3 is 19.9 Å². The molecule has 0 heterocycles. The van der Waals surface area contributed by atoms with Crippen LogP contribution in [-0.2, 0) is 11.4 Å². The van der Waals surface area contributed by atoms with Crippen LogP contribution >= 0.6 is 0 Å². The molecule has 0 saturated carbocycles. The molecule has 172 valence electrons. The summed E-state index contributed by atoms with van der Waals surface area (Å²) >= 11 is 0. The quantitative estimate of drug-likeness (QED) is 0.355. The van der Waals surface area contributed by atoms with E-state index in [9.17, 15) is 20.0 Å². The van der Waals surface area contributed by atoms with Gasteiger partial charge in [-0.15, -0.1) is 0 Å². The summed E-state index contributed by atoms with van der Waals surface area (Å²) in [5.74, 6) is -0.792. The number of rotatable bonds is 9. The Labute approximate surface area is 197 Å². The highest BCUT2D eigenvalue weighted by Gasteiger charge is 2.16. The highest BCUT2D eigenvalue weighted by molar-refractivity contribution is 6.02. The van der Waals surface area contributed by atoms with Crippen LogP contribution in [0.1, 0.15) is 40.0 Å². The monoisotopic (exact) mass is 456 g/mol. The standard InChI is InChI=1S/C27H24N2O5/c1-18(20-9-4-3-5-10-20)29-26(30)23(16-28)15-21-11-7-13-24(33-2)25(21)34-17-19-8-6-12-22(14-19)27(31)32/h3-15,18H,17H2,1-2H3,(H,29,30)(H,31,32)/b23-15-/t18-/m0/s1. The number of ether oxygens (including phenoxy) is 2. The predicted molar refractivity (Wildman–Crippen MR) is 127 cm³/mol. The molecule has 0 unspecified atom stereocenters. The van der Waals surface area contributed by atoms with Gasteiger partial charge in [-0.3, -0.25) is 4.79 Å². The second-order valence-corrected chi connectivity index (χ2v) is 7.45. The molecular formula is C27H24N2O5. The van der Waals surface area contributed by atoms with Gasteiger partial charge in [-0.2, -0.15) is 5.26 Å². The van der Waals surface area contributed by atoms with Crippen molar-refractivity contribution in [1.82, 2.24) is 5.32 Å². The van der Waals surface area contributed by atoms with Gasteiger partial charge in [0, 0.05) is 5.56 Å². The van der Waals surface area contributed by atoms with Crippen molar-refractivity contribution in [2.24, 2.45) is 0 Å². The number of carboxylic acid groups (broad SMARTS) is 1. The molecule has 0 aliphatic carbocycles. The summed E-state index contributed by atoms with van der Waals surface area (Å²) < 4.78 is 11.4. The number of hydrogen-bond donors (Lipinski definition) is 2. The number of carbonyl (C=O) groups excluding carboxylic acids is 1. The van der Waals surface area contributed by atoms with Crippen molar-refractivity contribution in [3.05, 3.63) is 101 Å². The Kier molecular flexibility index (Phi) is 8.03. The summed E-state index contributed by atoms with van der Waals surface area (Å²) in [6.07, 6.45) is 1.44. The smallest absolute Gasteiger partial charge is 0.335 e. The number of benzene rings is 3. The normalized spacial score (nSPS) is 11.7. The number of amides is 1.